The molecule has 0 unspecified atom stereocenters. The Morgan fingerprint density at radius 3 is 2.10 bits per heavy atom. The average Bonchev–Trinajstić information content (AvgIpc) is 1.60. The fraction of sp³-hybridized carbons (Fsp3) is 0.250. The zero-order valence-corrected chi connectivity index (χ0v) is 6.70. The van der Waals surface area contributed by atoms with E-state index in [0.29, 0.717) is 0 Å². The van der Waals surface area contributed by atoms with Crippen LogP contribution in [0.1, 0.15) is 0 Å². The lowest BCUT2D eigenvalue weighted by atomic mass is 10.7. The molecule has 0 spiro atoms. The first-order chi connectivity index (χ1) is 4.39. The van der Waals surface area contributed by atoms with E-state index in [9.17, 15) is 8.42 Å². The quantitative estimate of drug-likeness (QED) is 0.452. The molecule has 0 aliphatic rings. The van der Waals surface area contributed by atoms with Crippen LogP contribution in [-0.4, -0.2) is 14.7 Å². The van der Waals surface area contributed by atoms with Gasteiger partial charge in [-0.1, -0.05) is 11.6 Å². The lowest BCUT2D eigenvalue weighted by molar-refractivity contribution is 0.608. The van der Waals surface area contributed by atoms with Gasteiger partial charge in [0, 0.05) is 6.26 Å². The normalized spacial score (nSPS) is 13.7. The van der Waals surface area contributed by atoms with E-state index in [1.807, 2.05) is 0 Å². The van der Waals surface area contributed by atoms with Gasteiger partial charge in [0.05, 0.1) is 0 Å². The number of nitrogens with two attached hydrogens (primary N) is 1. The summed E-state index contributed by atoms with van der Waals surface area (Å²) in [6, 6.07) is 1.38. The summed E-state index contributed by atoms with van der Waals surface area (Å²) in [5, 5.41) is 7.69. The monoisotopic (exact) mass is 180 g/mol. The third-order valence-corrected chi connectivity index (χ3v) is 2.04. The number of nitrogens with zero attached hydrogens (tertiary/aromatic N) is 1. The van der Waals surface area contributed by atoms with E-state index in [1.165, 1.54) is 6.07 Å². The molecule has 0 aromatic carbocycles. The predicted molar refractivity (Wildman–Crippen MR) is 37.5 cm³/mol. The Morgan fingerprint density at radius 2 is 2.10 bits per heavy atom. The molecule has 0 aliphatic carbocycles. The minimum Gasteiger partial charge on any atom is -0.388 e. The molecule has 0 amide bonds. The maximum absolute atomic E-state index is 10.6. The van der Waals surface area contributed by atoms with Crippen molar-refractivity contribution in [3.8, 4) is 6.07 Å². The fourth-order valence-electron chi connectivity index (χ4n) is 0.313. The molecule has 0 heterocycles. The van der Waals surface area contributed by atoms with Crippen molar-refractivity contribution in [2.75, 3.05) is 6.26 Å². The summed E-state index contributed by atoms with van der Waals surface area (Å²) in [4.78, 5) is -0.589. The molecular weight excluding hydrogens is 176 g/mol. The Bertz CT molecular complexity index is 294. The van der Waals surface area contributed by atoms with Crippen molar-refractivity contribution in [3.63, 3.8) is 0 Å². The number of nitriles is 1. The number of hydrogen-bond donors (Lipinski definition) is 1. The van der Waals surface area contributed by atoms with Gasteiger partial charge in [-0.25, -0.2) is 8.42 Å². The molecule has 4 nitrogen and oxygen atoms in total. The van der Waals surface area contributed by atoms with Gasteiger partial charge in [0.25, 0.3) is 0 Å². The highest BCUT2D eigenvalue weighted by Gasteiger charge is 2.13. The third kappa shape index (κ3) is 2.25. The second kappa shape index (κ2) is 2.90. The summed E-state index contributed by atoms with van der Waals surface area (Å²) in [7, 11) is -3.55. The van der Waals surface area contributed by atoms with E-state index in [1.54, 1.807) is 0 Å². The highest BCUT2D eigenvalue weighted by Crippen LogP contribution is 2.08. The summed E-state index contributed by atoms with van der Waals surface area (Å²) in [5.41, 5.74) is 4.88. The van der Waals surface area contributed by atoms with Gasteiger partial charge >= 0.3 is 0 Å². The fourth-order valence-corrected chi connectivity index (χ4v) is 1.30. The molecule has 0 aromatic heterocycles. The summed E-state index contributed by atoms with van der Waals surface area (Å²) >= 11 is 5.08. The van der Waals surface area contributed by atoms with Crippen molar-refractivity contribution < 1.29 is 8.42 Å². The van der Waals surface area contributed by atoms with Crippen molar-refractivity contribution in [1.82, 2.24) is 0 Å². The van der Waals surface area contributed by atoms with Gasteiger partial charge in [0.2, 0.25) is 0 Å². The number of halogens is 1. The molecule has 0 bridgehead atoms. The standard InChI is InChI=1S/C4H5ClN2O2S/c1-10(8,9)3(2-6)4(5)7/h7H2,1H3/b4-3+. The first-order valence-electron chi connectivity index (χ1n) is 2.15. The van der Waals surface area contributed by atoms with Crippen LogP contribution >= 0.6 is 11.6 Å². The summed E-state index contributed by atoms with van der Waals surface area (Å²) in [6.07, 6.45) is 0.862. The molecule has 0 rings (SSSR count). The van der Waals surface area contributed by atoms with E-state index >= 15 is 0 Å². The Hall–Kier alpha value is -0.730. The van der Waals surface area contributed by atoms with Crippen LogP contribution in [0.2, 0.25) is 0 Å². The number of hydrogen-bond acceptors (Lipinski definition) is 4. The van der Waals surface area contributed by atoms with Crippen LogP contribution in [0.5, 0.6) is 0 Å². The molecule has 0 aliphatic heterocycles. The van der Waals surface area contributed by atoms with Gasteiger partial charge in [-0.15, -0.1) is 0 Å². The maximum Gasteiger partial charge on any atom is 0.188 e. The minimum atomic E-state index is -3.55. The molecule has 10 heavy (non-hydrogen) atoms. The first kappa shape index (κ1) is 9.27. The van der Waals surface area contributed by atoms with Crippen LogP contribution in [0.15, 0.2) is 10.1 Å². The summed E-state index contributed by atoms with van der Waals surface area (Å²) < 4.78 is 21.1. The Labute approximate surface area is 63.8 Å². The van der Waals surface area contributed by atoms with Gasteiger partial charge in [-0.2, -0.15) is 5.26 Å². The molecule has 0 fully saturated rings. The van der Waals surface area contributed by atoms with Gasteiger partial charge in [0.1, 0.15) is 11.2 Å². The van der Waals surface area contributed by atoms with E-state index in [4.69, 9.17) is 22.6 Å². The van der Waals surface area contributed by atoms with Crippen LogP contribution in [0, 0.1) is 11.3 Å². The molecule has 0 atom stereocenters. The van der Waals surface area contributed by atoms with Crippen LogP contribution in [0.25, 0.3) is 0 Å². The summed E-state index contributed by atoms with van der Waals surface area (Å²) in [5.74, 6) is 0. The van der Waals surface area contributed by atoms with Crippen molar-refractivity contribution >= 4 is 21.4 Å². The highest BCUT2D eigenvalue weighted by molar-refractivity contribution is 7.94. The number of sulfone groups is 1. The van der Waals surface area contributed by atoms with Gasteiger partial charge in [0.15, 0.2) is 14.7 Å². The second-order valence-electron chi connectivity index (χ2n) is 1.56. The van der Waals surface area contributed by atoms with Gasteiger partial charge in [-0.05, 0) is 0 Å². The van der Waals surface area contributed by atoms with Crippen molar-refractivity contribution in [2.45, 2.75) is 0 Å². The molecule has 0 radical (unpaired) electrons. The van der Waals surface area contributed by atoms with Crippen molar-refractivity contribution in [2.24, 2.45) is 5.73 Å². The number of rotatable bonds is 1. The first-order valence-corrected chi connectivity index (χ1v) is 4.42. The lowest BCUT2D eigenvalue weighted by Gasteiger charge is -1.92. The highest BCUT2D eigenvalue weighted by atomic mass is 35.5. The molecule has 0 saturated carbocycles. The van der Waals surface area contributed by atoms with Gasteiger partial charge < -0.3 is 5.73 Å². The van der Waals surface area contributed by atoms with Crippen LogP contribution in [0.4, 0.5) is 0 Å². The Kier molecular flexibility index (Phi) is 2.69. The van der Waals surface area contributed by atoms with E-state index in [2.05, 4.69) is 0 Å². The van der Waals surface area contributed by atoms with Crippen LogP contribution < -0.4 is 5.73 Å². The summed E-state index contributed by atoms with van der Waals surface area (Å²) in [6.45, 7) is 0. The average molecular weight is 181 g/mol. The smallest absolute Gasteiger partial charge is 0.188 e. The van der Waals surface area contributed by atoms with Crippen LogP contribution in [-0.2, 0) is 9.84 Å². The predicted octanol–water partition coefficient (Wildman–Crippen LogP) is -0.0788. The zero-order valence-electron chi connectivity index (χ0n) is 5.13. The zero-order chi connectivity index (χ0) is 8.36. The molecule has 2 N–H and O–H groups in total. The largest absolute Gasteiger partial charge is 0.388 e. The molecule has 0 aromatic rings. The maximum atomic E-state index is 10.6. The van der Waals surface area contributed by atoms with Crippen LogP contribution in [0.3, 0.4) is 0 Å². The molecule has 6 heteroatoms. The molecule has 0 saturated heterocycles. The van der Waals surface area contributed by atoms with E-state index < -0.39 is 19.9 Å². The molecular formula is C4H5ClN2O2S. The lowest BCUT2D eigenvalue weighted by Crippen LogP contribution is -2.04. The Morgan fingerprint density at radius 1 is 1.70 bits per heavy atom. The van der Waals surface area contributed by atoms with E-state index in [0.717, 1.165) is 6.26 Å². The number of allylic oxidation sites excluding steroid dienone is 1. The van der Waals surface area contributed by atoms with Crippen molar-refractivity contribution in [1.29, 1.82) is 5.26 Å². The minimum absolute atomic E-state index is 0.495. The SMILES string of the molecule is CS(=O)(=O)/C(C#N)=C(/N)Cl. The third-order valence-electron chi connectivity index (χ3n) is 0.689. The topological polar surface area (TPSA) is 84.0 Å². The van der Waals surface area contributed by atoms with Gasteiger partial charge in [-0.3, -0.25) is 0 Å². The molecule has 56 valence electrons. The Balaban J connectivity index is 5.20. The van der Waals surface area contributed by atoms with Crippen molar-refractivity contribution in [3.05, 3.63) is 10.1 Å². The van der Waals surface area contributed by atoms with E-state index in [-0.39, 0.29) is 0 Å². The second-order valence-corrected chi connectivity index (χ2v) is 3.92.